The quantitative estimate of drug-likeness (QED) is 0.853. The lowest BCUT2D eigenvalue weighted by atomic mass is 10.2. The molecule has 0 radical (unpaired) electrons. The highest BCUT2D eigenvalue weighted by Gasteiger charge is 2.21. The molecule has 0 saturated heterocycles. The fourth-order valence-electron chi connectivity index (χ4n) is 2.02. The fraction of sp³-hybridized carbons (Fsp3) is 0.125. The maximum Gasteiger partial charge on any atom is 0.333 e. The van der Waals surface area contributed by atoms with Gasteiger partial charge in [-0.05, 0) is 30.3 Å². The van der Waals surface area contributed by atoms with Gasteiger partial charge in [0.1, 0.15) is 5.75 Å². The van der Waals surface area contributed by atoms with Crippen molar-refractivity contribution in [1.29, 1.82) is 0 Å². The predicted octanol–water partition coefficient (Wildman–Crippen LogP) is 2.86. The van der Waals surface area contributed by atoms with Crippen LogP contribution < -0.4 is 20.7 Å². The molecule has 0 fully saturated rings. The van der Waals surface area contributed by atoms with Gasteiger partial charge in [-0.3, -0.25) is 4.79 Å². The van der Waals surface area contributed by atoms with Crippen LogP contribution in [0.5, 0.6) is 5.75 Å². The Morgan fingerprint density at radius 1 is 1.14 bits per heavy atom. The molecule has 0 saturated carbocycles. The van der Waals surface area contributed by atoms with Crippen LogP contribution in [0, 0.1) is 0 Å². The first-order valence-electron chi connectivity index (χ1n) is 6.63. The summed E-state index contributed by atoms with van der Waals surface area (Å²) in [4.78, 5) is 25.3. The van der Waals surface area contributed by atoms with Gasteiger partial charge >= 0.3 is 6.03 Å². The smallest absolute Gasteiger partial charge is 0.333 e. The van der Waals surface area contributed by atoms with E-state index in [1.54, 1.807) is 48.5 Å². The molecule has 3 amide bonds. The van der Waals surface area contributed by atoms with Crippen LogP contribution in [-0.4, -0.2) is 19.0 Å². The molecule has 0 unspecified atom stereocenters. The third-order valence-electron chi connectivity index (χ3n) is 2.99. The molecule has 2 aromatic carbocycles. The molecule has 0 heterocycles. The summed E-state index contributed by atoms with van der Waals surface area (Å²) < 4.78 is 5.17. The van der Waals surface area contributed by atoms with Crippen LogP contribution in [0.15, 0.2) is 48.5 Å². The molecule has 0 aromatic heterocycles. The number of nitrogens with two attached hydrogens (primary N) is 1. The van der Waals surface area contributed by atoms with Crippen molar-refractivity contribution in [2.45, 2.75) is 6.92 Å². The first-order chi connectivity index (χ1) is 10.5. The van der Waals surface area contributed by atoms with Crippen molar-refractivity contribution >= 4 is 29.0 Å². The highest BCUT2D eigenvalue weighted by molar-refractivity contribution is 6.18. The van der Waals surface area contributed by atoms with Gasteiger partial charge in [0, 0.05) is 12.6 Å². The fourth-order valence-corrected chi connectivity index (χ4v) is 2.02. The van der Waals surface area contributed by atoms with Crippen molar-refractivity contribution in [3.05, 3.63) is 48.5 Å². The van der Waals surface area contributed by atoms with Crippen LogP contribution >= 0.6 is 0 Å². The lowest BCUT2D eigenvalue weighted by Gasteiger charge is -2.20. The number of nitrogens with one attached hydrogen (secondary N) is 1. The van der Waals surface area contributed by atoms with E-state index in [9.17, 15) is 9.59 Å². The van der Waals surface area contributed by atoms with Crippen LogP contribution in [0.2, 0.25) is 0 Å². The van der Waals surface area contributed by atoms with E-state index in [0.29, 0.717) is 22.8 Å². The molecule has 0 aliphatic rings. The summed E-state index contributed by atoms with van der Waals surface area (Å²) in [6, 6.07) is 12.9. The number of anilines is 3. The molecule has 0 atom stereocenters. The van der Waals surface area contributed by atoms with Crippen molar-refractivity contribution in [3.8, 4) is 5.75 Å². The molecule has 114 valence electrons. The Morgan fingerprint density at radius 3 is 2.50 bits per heavy atom. The number of nitrogens with zero attached hydrogens (tertiary/aromatic N) is 1. The van der Waals surface area contributed by atoms with E-state index in [4.69, 9.17) is 10.5 Å². The van der Waals surface area contributed by atoms with Crippen LogP contribution in [0.4, 0.5) is 21.9 Å². The minimum atomic E-state index is -0.581. The Hall–Kier alpha value is -3.02. The lowest BCUT2D eigenvalue weighted by Crippen LogP contribution is -2.38. The van der Waals surface area contributed by atoms with E-state index >= 15 is 0 Å². The average Bonchev–Trinajstić information content (AvgIpc) is 2.47. The third kappa shape index (κ3) is 3.35. The Morgan fingerprint density at radius 2 is 1.86 bits per heavy atom. The van der Waals surface area contributed by atoms with E-state index in [1.807, 2.05) is 0 Å². The number of hydrogen-bond donors (Lipinski definition) is 2. The summed E-state index contributed by atoms with van der Waals surface area (Å²) >= 11 is 0. The van der Waals surface area contributed by atoms with E-state index in [2.05, 4.69) is 5.32 Å². The zero-order valence-corrected chi connectivity index (χ0v) is 12.4. The first kappa shape index (κ1) is 15.4. The van der Waals surface area contributed by atoms with Gasteiger partial charge in [0.15, 0.2) is 0 Å². The number of ether oxygens (including phenoxy) is 1. The predicted molar refractivity (Wildman–Crippen MR) is 86.0 cm³/mol. The first-order valence-corrected chi connectivity index (χ1v) is 6.63. The number of methoxy groups -OCH3 is 1. The van der Waals surface area contributed by atoms with Crippen LogP contribution in [0.1, 0.15) is 6.92 Å². The summed E-state index contributed by atoms with van der Waals surface area (Å²) in [6.07, 6.45) is 0. The average molecular weight is 299 g/mol. The van der Waals surface area contributed by atoms with Crippen molar-refractivity contribution in [1.82, 2.24) is 0 Å². The van der Waals surface area contributed by atoms with Crippen molar-refractivity contribution in [2.24, 2.45) is 0 Å². The summed E-state index contributed by atoms with van der Waals surface area (Å²) in [5.41, 5.74) is 7.05. The van der Waals surface area contributed by atoms with Gasteiger partial charge in [-0.2, -0.15) is 0 Å². The number of carbonyl (C=O) groups excluding carboxylic acids is 2. The molecule has 6 nitrogen and oxygen atoms in total. The van der Waals surface area contributed by atoms with Crippen LogP contribution in [0.3, 0.4) is 0 Å². The van der Waals surface area contributed by atoms with E-state index in [0.717, 1.165) is 4.90 Å². The monoisotopic (exact) mass is 299 g/mol. The maximum absolute atomic E-state index is 12.4. The summed E-state index contributed by atoms with van der Waals surface area (Å²) in [5.74, 6) is 0.0879. The highest BCUT2D eigenvalue weighted by atomic mass is 16.5. The highest BCUT2D eigenvalue weighted by Crippen LogP contribution is 2.25. The molecule has 2 aromatic rings. The zero-order chi connectivity index (χ0) is 16.1. The van der Waals surface area contributed by atoms with Gasteiger partial charge in [0.25, 0.3) is 0 Å². The number of benzene rings is 2. The molecule has 0 aliphatic carbocycles. The van der Waals surface area contributed by atoms with Crippen LogP contribution in [-0.2, 0) is 4.79 Å². The summed E-state index contributed by atoms with van der Waals surface area (Å²) in [5, 5.41) is 2.66. The number of para-hydroxylation sites is 2. The standard InChI is InChI=1S/C16H17N3O3/c1-11(20)19(13-7-5-6-12(17)10-13)16(21)18-14-8-3-4-9-15(14)22-2/h3-10H,17H2,1-2H3,(H,18,21). The van der Waals surface area contributed by atoms with E-state index in [1.165, 1.54) is 14.0 Å². The summed E-state index contributed by atoms with van der Waals surface area (Å²) in [7, 11) is 1.51. The Kier molecular flexibility index (Phi) is 4.63. The van der Waals surface area contributed by atoms with Gasteiger partial charge in [0.05, 0.1) is 18.5 Å². The Labute approximate surface area is 128 Å². The largest absolute Gasteiger partial charge is 0.495 e. The molecule has 0 aliphatic heterocycles. The number of hydrogen-bond acceptors (Lipinski definition) is 4. The molecule has 2 rings (SSSR count). The number of rotatable bonds is 3. The van der Waals surface area contributed by atoms with Gasteiger partial charge in [0.2, 0.25) is 5.91 Å². The minimum absolute atomic E-state index is 0.403. The molecule has 0 bridgehead atoms. The number of amides is 3. The second-order valence-electron chi connectivity index (χ2n) is 4.58. The lowest BCUT2D eigenvalue weighted by molar-refractivity contribution is -0.115. The van der Waals surface area contributed by atoms with E-state index < -0.39 is 11.9 Å². The number of urea groups is 1. The Bertz CT molecular complexity index is 701. The topological polar surface area (TPSA) is 84.7 Å². The molecule has 22 heavy (non-hydrogen) atoms. The second kappa shape index (κ2) is 6.62. The van der Waals surface area contributed by atoms with Crippen molar-refractivity contribution < 1.29 is 14.3 Å². The van der Waals surface area contributed by atoms with Crippen molar-refractivity contribution in [2.75, 3.05) is 23.1 Å². The van der Waals surface area contributed by atoms with Crippen LogP contribution in [0.25, 0.3) is 0 Å². The number of imide groups is 1. The molecular formula is C16H17N3O3. The molecule has 3 N–H and O–H groups in total. The Balaban J connectivity index is 2.30. The van der Waals surface area contributed by atoms with E-state index in [-0.39, 0.29) is 0 Å². The summed E-state index contributed by atoms with van der Waals surface area (Å²) in [6.45, 7) is 1.31. The number of nitrogen functional groups attached to an aromatic ring is 1. The van der Waals surface area contributed by atoms with Gasteiger partial charge < -0.3 is 15.8 Å². The van der Waals surface area contributed by atoms with Gasteiger partial charge in [-0.1, -0.05) is 18.2 Å². The second-order valence-corrected chi connectivity index (χ2v) is 4.58. The molecule has 0 spiro atoms. The van der Waals surface area contributed by atoms with Gasteiger partial charge in [-0.15, -0.1) is 0 Å². The van der Waals surface area contributed by atoms with Gasteiger partial charge in [-0.25, -0.2) is 9.69 Å². The maximum atomic E-state index is 12.4. The minimum Gasteiger partial charge on any atom is -0.495 e. The third-order valence-corrected chi connectivity index (χ3v) is 2.99. The number of carbonyl (C=O) groups is 2. The zero-order valence-electron chi connectivity index (χ0n) is 12.4. The SMILES string of the molecule is COc1ccccc1NC(=O)N(C(C)=O)c1cccc(N)c1. The molecule has 6 heteroatoms. The molecular weight excluding hydrogens is 282 g/mol. The van der Waals surface area contributed by atoms with Crippen molar-refractivity contribution in [3.63, 3.8) is 0 Å². The normalized spacial score (nSPS) is 9.91.